The van der Waals surface area contributed by atoms with Crippen molar-refractivity contribution in [1.29, 1.82) is 0 Å². The zero-order valence-electron chi connectivity index (χ0n) is 9.82. The van der Waals surface area contributed by atoms with Gasteiger partial charge in [0.15, 0.2) is 0 Å². The lowest BCUT2D eigenvalue weighted by Gasteiger charge is -2.18. The highest BCUT2D eigenvalue weighted by Gasteiger charge is 2.23. The van der Waals surface area contributed by atoms with Crippen LogP contribution in [0.15, 0.2) is 23.0 Å². The summed E-state index contributed by atoms with van der Waals surface area (Å²) in [5.74, 6) is -1.36. The first-order valence-corrected chi connectivity index (χ1v) is 5.64. The minimum Gasteiger partial charge on any atom is -0.476 e. The van der Waals surface area contributed by atoms with Crippen molar-refractivity contribution >= 4 is 28.5 Å². The van der Waals surface area contributed by atoms with E-state index in [-0.39, 0.29) is 5.39 Å². The Bertz CT molecular complexity index is 686. The summed E-state index contributed by atoms with van der Waals surface area (Å²) in [6.07, 6.45) is 0. The second kappa shape index (κ2) is 4.10. The van der Waals surface area contributed by atoms with Gasteiger partial charge in [0, 0.05) is 0 Å². The molecule has 94 valence electrons. The summed E-state index contributed by atoms with van der Waals surface area (Å²) in [5, 5.41) is 15.3. The zero-order chi connectivity index (χ0) is 13.5. The Kier molecular flexibility index (Phi) is 2.86. The van der Waals surface area contributed by atoms with Gasteiger partial charge in [-0.1, -0.05) is 12.1 Å². The van der Waals surface area contributed by atoms with Crippen LogP contribution in [0.5, 0.6) is 0 Å². The molecule has 0 fully saturated rings. The van der Waals surface area contributed by atoms with Crippen LogP contribution in [0.25, 0.3) is 10.9 Å². The molecular formula is C12H11ClN2O3. The maximum Gasteiger partial charge on any atom is 0.360 e. The molecule has 0 saturated heterocycles. The first kappa shape index (κ1) is 12.6. The van der Waals surface area contributed by atoms with E-state index in [1.54, 1.807) is 32.0 Å². The number of carboxylic acid groups (broad SMARTS) is 1. The molecule has 0 saturated carbocycles. The van der Waals surface area contributed by atoms with Crippen molar-refractivity contribution in [2.75, 3.05) is 0 Å². The van der Waals surface area contributed by atoms with Crippen molar-refractivity contribution in [3.05, 3.63) is 39.7 Å². The fraction of sp³-hybridized carbons (Fsp3) is 0.250. The van der Waals surface area contributed by atoms with Crippen LogP contribution in [0, 0.1) is 0 Å². The summed E-state index contributed by atoms with van der Waals surface area (Å²) in [4.78, 5) is 22.3. The van der Waals surface area contributed by atoms with Gasteiger partial charge in [0.05, 0.1) is 15.8 Å². The summed E-state index contributed by atoms with van der Waals surface area (Å²) in [7, 11) is 0. The highest BCUT2D eigenvalue weighted by atomic mass is 35.5. The molecule has 2 aromatic rings. The second-order valence-electron chi connectivity index (χ2n) is 4.41. The summed E-state index contributed by atoms with van der Waals surface area (Å²) >= 11 is 6.22. The van der Waals surface area contributed by atoms with Gasteiger partial charge in [0.25, 0.3) is 0 Å². The quantitative estimate of drug-likeness (QED) is 0.816. The Hall–Kier alpha value is -1.88. The number of hydrogen-bond donors (Lipinski definition) is 2. The predicted octanol–water partition coefficient (Wildman–Crippen LogP) is 2.10. The number of halogens is 1. The fourth-order valence-corrected chi connectivity index (χ4v) is 1.97. The second-order valence-corrected chi connectivity index (χ2v) is 5.35. The van der Waals surface area contributed by atoms with Crippen LogP contribution in [0.3, 0.4) is 0 Å². The summed E-state index contributed by atoms with van der Waals surface area (Å²) < 4.78 is 0. The Balaban J connectivity index is 2.95. The first-order valence-electron chi connectivity index (χ1n) is 5.26. The van der Waals surface area contributed by atoms with Crippen LogP contribution < -0.4 is 5.43 Å². The molecule has 2 N–H and O–H groups in total. The van der Waals surface area contributed by atoms with Crippen molar-refractivity contribution < 1.29 is 9.90 Å². The standard InChI is InChI=1S/C12H11ClN2O3/c1-12(2,13)6-4-3-5-7-8(6)10(16)9(11(17)18)15-14-7/h3-5H,1-2H3,(H,14,16)(H,17,18). The average Bonchev–Trinajstić information content (AvgIpc) is 2.27. The minimum atomic E-state index is -1.36. The molecule has 1 aromatic carbocycles. The topological polar surface area (TPSA) is 83.1 Å². The van der Waals surface area contributed by atoms with Crippen molar-refractivity contribution in [3.8, 4) is 0 Å². The van der Waals surface area contributed by atoms with Gasteiger partial charge in [-0.15, -0.1) is 11.6 Å². The Labute approximate surface area is 107 Å². The van der Waals surface area contributed by atoms with E-state index >= 15 is 0 Å². The SMILES string of the molecule is CC(C)(Cl)c1cccc2[nH]nc(C(=O)O)c(=O)c12. The van der Waals surface area contributed by atoms with Gasteiger partial charge in [-0.3, -0.25) is 9.89 Å². The lowest BCUT2D eigenvalue weighted by molar-refractivity contribution is 0.0688. The van der Waals surface area contributed by atoms with E-state index in [1.807, 2.05) is 0 Å². The molecule has 0 radical (unpaired) electrons. The number of fused-ring (bicyclic) bond motifs is 1. The van der Waals surface area contributed by atoms with E-state index in [1.165, 1.54) is 0 Å². The normalized spacial score (nSPS) is 11.7. The summed E-state index contributed by atoms with van der Waals surface area (Å²) in [6, 6.07) is 5.09. The van der Waals surface area contributed by atoms with Gasteiger partial charge in [-0.05, 0) is 25.5 Å². The lowest BCUT2D eigenvalue weighted by Crippen LogP contribution is -2.22. The molecule has 0 aliphatic heterocycles. The van der Waals surface area contributed by atoms with Gasteiger partial charge >= 0.3 is 5.97 Å². The highest BCUT2D eigenvalue weighted by Crippen LogP contribution is 2.31. The Morgan fingerprint density at radius 1 is 1.44 bits per heavy atom. The molecule has 0 spiro atoms. The number of carboxylic acids is 1. The largest absolute Gasteiger partial charge is 0.476 e. The number of aromatic nitrogens is 2. The third-order valence-corrected chi connectivity index (χ3v) is 2.84. The number of nitrogens with one attached hydrogen (secondary N) is 1. The van der Waals surface area contributed by atoms with Crippen LogP contribution >= 0.6 is 11.6 Å². The average molecular weight is 267 g/mol. The van der Waals surface area contributed by atoms with E-state index in [9.17, 15) is 9.59 Å². The number of aromatic carboxylic acids is 1. The van der Waals surface area contributed by atoms with Gasteiger partial charge in [0.2, 0.25) is 11.1 Å². The number of H-pyrrole nitrogens is 1. The Morgan fingerprint density at radius 3 is 2.67 bits per heavy atom. The molecule has 0 aliphatic rings. The fourth-order valence-electron chi connectivity index (χ4n) is 1.82. The third kappa shape index (κ3) is 1.97. The number of aromatic amines is 1. The van der Waals surface area contributed by atoms with Crippen LogP contribution in [0.2, 0.25) is 0 Å². The van der Waals surface area contributed by atoms with E-state index in [4.69, 9.17) is 16.7 Å². The van der Waals surface area contributed by atoms with Crippen molar-refractivity contribution in [1.82, 2.24) is 10.2 Å². The first-order chi connectivity index (χ1) is 8.32. The molecule has 0 bridgehead atoms. The monoisotopic (exact) mass is 266 g/mol. The molecule has 2 rings (SSSR count). The van der Waals surface area contributed by atoms with Gasteiger partial charge < -0.3 is 5.11 Å². The molecule has 5 nitrogen and oxygen atoms in total. The van der Waals surface area contributed by atoms with Crippen LogP contribution in [-0.4, -0.2) is 21.3 Å². The number of alkyl halides is 1. The van der Waals surface area contributed by atoms with Gasteiger partial charge in [-0.25, -0.2) is 4.79 Å². The van der Waals surface area contributed by atoms with E-state index in [0.29, 0.717) is 11.1 Å². The highest BCUT2D eigenvalue weighted by molar-refractivity contribution is 6.24. The number of hydrogen-bond acceptors (Lipinski definition) is 3. The van der Waals surface area contributed by atoms with E-state index < -0.39 is 22.0 Å². The lowest BCUT2D eigenvalue weighted by atomic mass is 9.97. The van der Waals surface area contributed by atoms with Crippen molar-refractivity contribution in [2.45, 2.75) is 18.7 Å². The smallest absolute Gasteiger partial charge is 0.360 e. The van der Waals surface area contributed by atoms with Gasteiger partial charge in [0.1, 0.15) is 0 Å². The maximum absolute atomic E-state index is 12.1. The number of benzene rings is 1. The molecule has 6 heteroatoms. The van der Waals surface area contributed by atoms with Crippen LogP contribution in [0.1, 0.15) is 29.9 Å². The number of carbonyl (C=O) groups is 1. The molecule has 0 aliphatic carbocycles. The van der Waals surface area contributed by atoms with Crippen LogP contribution in [-0.2, 0) is 4.87 Å². The molecule has 18 heavy (non-hydrogen) atoms. The summed E-state index contributed by atoms with van der Waals surface area (Å²) in [6.45, 7) is 3.48. The van der Waals surface area contributed by atoms with E-state index in [0.717, 1.165) is 0 Å². The van der Waals surface area contributed by atoms with Crippen molar-refractivity contribution in [2.24, 2.45) is 0 Å². The molecular weight excluding hydrogens is 256 g/mol. The van der Waals surface area contributed by atoms with Crippen molar-refractivity contribution in [3.63, 3.8) is 0 Å². The summed E-state index contributed by atoms with van der Waals surface area (Å²) in [5.41, 5.74) is -0.111. The number of rotatable bonds is 2. The third-order valence-electron chi connectivity index (χ3n) is 2.64. The zero-order valence-corrected chi connectivity index (χ0v) is 10.6. The number of nitrogens with zero attached hydrogens (tertiary/aromatic N) is 1. The van der Waals surface area contributed by atoms with Crippen LogP contribution in [0.4, 0.5) is 0 Å². The molecule has 1 heterocycles. The van der Waals surface area contributed by atoms with E-state index in [2.05, 4.69) is 10.2 Å². The maximum atomic E-state index is 12.1. The Morgan fingerprint density at radius 2 is 2.11 bits per heavy atom. The molecule has 0 amide bonds. The minimum absolute atomic E-state index is 0.268. The molecule has 0 unspecified atom stereocenters. The van der Waals surface area contributed by atoms with Gasteiger partial charge in [-0.2, -0.15) is 5.10 Å². The predicted molar refractivity (Wildman–Crippen MR) is 68.2 cm³/mol. The molecule has 1 aromatic heterocycles. The molecule has 0 atom stereocenters.